The van der Waals surface area contributed by atoms with E-state index in [0.29, 0.717) is 5.56 Å². The van der Waals surface area contributed by atoms with Crippen molar-refractivity contribution in [3.8, 4) is 5.75 Å². The lowest BCUT2D eigenvalue weighted by Gasteiger charge is -2.08. The van der Waals surface area contributed by atoms with Gasteiger partial charge < -0.3 is 4.74 Å². The number of ether oxygens (including phenoxy) is 1. The van der Waals surface area contributed by atoms with Gasteiger partial charge in [0.15, 0.2) is 0 Å². The van der Waals surface area contributed by atoms with E-state index < -0.39 is 0 Å². The number of rotatable bonds is 11. The average molecular weight is 312 g/mol. The molecule has 0 aliphatic rings. The van der Waals surface area contributed by atoms with E-state index in [0.717, 1.165) is 35.8 Å². The number of hydrogen-bond acceptors (Lipinski definition) is 2. The van der Waals surface area contributed by atoms with Crippen LogP contribution in [0.4, 0.5) is 0 Å². The van der Waals surface area contributed by atoms with Crippen LogP contribution in [0.5, 0.6) is 5.75 Å². The molecule has 0 saturated heterocycles. The Morgan fingerprint density at radius 1 is 0.826 bits per heavy atom. The number of carbonyl (C=O) groups is 1. The highest BCUT2D eigenvalue weighted by molar-refractivity contribution is 5.89. The van der Waals surface area contributed by atoms with Gasteiger partial charge in [-0.05, 0) is 35.4 Å². The van der Waals surface area contributed by atoms with Crippen LogP contribution in [0.15, 0.2) is 36.4 Å². The maximum Gasteiger partial charge on any atom is 0.150 e. The molecule has 2 heteroatoms. The van der Waals surface area contributed by atoms with E-state index in [1.165, 1.54) is 44.9 Å². The van der Waals surface area contributed by atoms with Crippen molar-refractivity contribution in [1.29, 1.82) is 0 Å². The van der Waals surface area contributed by atoms with E-state index >= 15 is 0 Å². The topological polar surface area (TPSA) is 26.3 Å². The zero-order chi connectivity index (χ0) is 16.3. The van der Waals surface area contributed by atoms with Crippen LogP contribution in [-0.2, 0) is 0 Å². The molecule has 0 aromatic heterocycles. The van der Waals surface area contributed by atoms with E-state index in [2.05, 4.69) is 13.0 Å². The number of aldehydes is 1. The Bertz CT molecular complexity index is 604. The number of fused-ring (bicyclic) bond motifs is 1. The molecule has 0 aliphatic heterocycles. The van der Waals surface area contributed by atoms with E-state index in [4.69, 9.17) is 4.74 Å². The summed E-state index contributed by atoms with van der Waals surface area (Å²) >= 11 is 0. The van der Waals surface area contributed by atoms with Crippen molar-refractivity contribution in [3.63, 3.8) is 0 Å². The molecule has 2 rings (SSSR count). The minimum absolute atomic E-state index is 0.713. The Labute approximate surface area is 139 Å². The highest BCUT2D eigenvalue weighted by atomic mass is 16.5. The summed E-state index contributed by atoms with van der Waals surface area (Å²) in [5.74, 6) is 0.916. The van der Waals surface area contributed by atoms with Gasteiger partial charge in [0, 0.05) is 5.56 Å². The second-order valence-electron chi connectivity index (χ2n) is 6.21. The first-order valence-corrected chi connectivity index (χ1v) is 8.95. The van der Waals surface area contributed by atoms with E-state index in [-0.39, 0.29) is 0 Å². The van der Waals surface area contributed by atoms with Gasteiger partial charge in [0.25, 0.3) is 0 Å². The lowest BCUT2D eigenvalue weighted by molar-refractivity contribution is 0.112. The maximum absolute atomic E-state index is 10.8. The second kappa shape index (κ2) is 10.0. The minimum Gasteiger partial charge on any atom is -0.494 e. The van der Waals surface area contributed by atoms with Gasteiger partial charge in [0.05, 0.1) is 6.61 Å². The summed E-state index contributed by atoms with van der Waals surface area (Å²) in [6.07, 6.45) is 11.4. The number of carbonyl (C=O) groups excluding carboxylic acids is 1. The molecule has 23 heavy (non-hydrogen) atoms. The van der Waals surface area contributed by atoms with Crippen molar-refractivity contribution < 1.29 is 9.53 Å². The Hall–Kier alpha value is -1.83. The Balaban J connectivity index is 1.68. The highest BCUT2D eigenvalue weighted by Crippen LogP contribution is 2.22. The van der Waals surface area contributed by atoms with Crippen LogP contribution in [0.3, 0.4) is 0 Å². The Kier molecular flexibility index (Phi) is 7.65. The summed E-state index contributed by atoms with van der Waals surface area (Å²) in [4.78, 5) is 10.8. The summed E-state index contributed by atoms with van der Waals surface area (Å²) in [6, 6.07) is 11.8. The fourth-order valence-corrected chi connectivity index (χ4v) is 2.83. The first kappa shape index (κ1) is 17.5. The fourth-order valence-electron chi connectivity index (χ4n) is 2.83. The van der Waals surface area contributed by atoms with Gasteiger partial charge >= 0.3 is 0 Å². The van der Waals surface area contributed by atoms with Crippen LogP contribution < -0.4 is 4.74 Å². The predicted octanol–water partition coefficient (Wildman–Crippen LogP) is 6.17. The van der Waals surface area contributed by atoms with Gasteiger partial charge in [-0.15, -0.1) is 0 Å². The predicted molar refractivity (Wildman–Crippen MR) is 97.4 cm³/mol. The van der Waals surface area contributed by atoms with Crippen molar-refractivity contribution in [2.75, 3.05) is 6.61 Å². The van der Waals surface area contributed by atoms with E-state index in [1.54, 1.807) is 0 Å². The molecule has 2 aromatic rings. The van der Waals surface area contributed by atoms with Gasteiger partial charge in [0.2, 0.25) is 0 Å². The van der Waals surface area contributed by atoms with Crippen LogP contribution in [0.2, 0.25) is 0 Å². The van der Waals surface area contributed by atoms with Gasteiger partial charge in [-0.2, -0.15) is 0 Å². The maximum atomic E-state index is 10.8. The van der Waals surface area contributed by atoms with Crippen LogP contribution in [0.1, 0.15) is 68.6 Å². The van der Waals surface area contributed by atoms with Gasteiger partial charge in [-0.3, -0.25) is 4.79 Å². The Morgan fingerprint density at radius 3 is 2.22 bits per heavy atom. The normalized spacial score (nSPS) is 10.8. The van der Waals surface area contributed by atoms with Crippen LogP contribution >= 0.6 is 0 Å². The molecule has 0 atom stereocenters. The molecule has 0 fully saturated rings. The third kappa shape index (κ3) is 6.05. The van der Waals surface area contributed by atoms with Crippen LogP contribution in [0, 0.1) is 0 Å². The molecule has 2 aromatic carbocycles. The third-order valence-corrected chi connectivity index (χ3v) is 4.24. The Morgan fingerprint density at radius 2 is 1.48 bits per heavy atom. The number of benzene rings is 2. The van der Waals surface area contributed by atoms with E-state index in [1.807, 2.05) is 30.3 Å². The standard InChI is InChI=1S/C21H28O2/c1-2-3-4-5-6-7-8-9-14-23-21-13-12-19-15-18(17-22)10-11-20(19)16-21/h10-13,15-17H,2-9,14H2,1H3. The van der Waals surface area contributed by atoms with Gasteiger partial charge in [0.1, 0.15) is 12.0 Å². The van der Waals surface area contributed by atoms with Gasteiger partial charge in [-0.25, -0.2) is 0 Å². The second-order valence-corrected chi connectivity index (χ2v) is 6.21. The van der Waals surface area contributed by atoms with Crippen molar-refractivity contribution in [2.45, 2.75) is 58.3 Å². The SMILES string of the molecule is CCCCCCCCCCOc1ccc2cc(C=O)ccc2c1. The monoisotopic (exact) mass is 312 g/mol. The molecule has 124 valence electrons. The quantitative estimate of drug-likeness (QED) is 0.366. The van der Waals surface area contributed by atoms with Crippen molar-refractivity contribution >= 4 is 17.1 Å². The molecule has 0 aliphatic carbocycles. The summed E-state index contributed by atoms with van der Waals surface area (Å²) in [5, 5.41) is 2.19. The summed E-state index contributed by atoms with van der Waals surface area (Å²) in [5.41, 5.74) is 0.713. The molecule has 2 nitrogen and oxygen atoms in total. The summed E-state index contributed by atoms with van der Waals surface area (Å²) < 4.78 is 5.85. The summed E-state index contributed by atoms with van der Waals surface area (Å²) in [7, 11) is 0. The lowest BCUT2D eigenvalue weighted by atomic mass is 10.1. The molecule has 0 spiro atoms. The fraction of sp³-hybridized carbons (Fsp3) is 0.476. The van der Waals surface area contributed by atoms with Crippen molar-refractivity contribution in [3.05, 3.63) is 42.0 Å². The molecular weight excluding hydrogens is 284 g/mol. The van der Waals surface area contributed by atoms with Crippen molar-refractivity contribution in [2.24, 2.45) is 0 Å². The van der Waals surface area contributed by atoms with Crippen LogP contribution in [0.25, 0.3) is 10.8 Å². The highest BCUT2D eigenvalue weighted by Gasteiger charge is 1.99. The first-order valence-electron chi connectivity index (χ1n) is 8.95. The first-order chi connectivity index (χ1) is 11.3. The largest absolute Gasteiger partial charge is 0.494 e. The smallest absolute Gasteiger partial charge is 0.150 e. The number of hydrogen-bond donors (Lipinski definition) is 0. The molecule has 0 amide bonds. The molecular formula is C21H28O2. The molecule has 0 radical (unpaired) electrons. The third-order valence-electron chi connectivity index (χ3n) is 4.24. The number of unbranched alkanes of at least 4 members (excludes halogenated alkanes) is 7. The van der Waals surface area contributed by atoms with Gasteiger partial charge in [-0.1, -0.05) is 70.1 Å². The average Bonchev–Trinajstić information content (AvgIpc) is 2.59. The van der Waals surface area contributed by atoms with Crippen LogP contribution in [-0.4, -0.2) is 12.9 Å². The molecule has 0 unspecified atom stereocenters. The lowest BCUT2D eigenvalue weighted by Crippen LogP contribution is -1.97. The molecule has 0 N–H and O–H groups in total. The zero-order valence-corrected chi connectivity index (χ0v) is 14.2. The van der Waals surface area contributed by atoms with E-state index in [9.17, 15) is 4.79 Å². The molecule has 0 saturated carbocycles. The summed E-state index contributed by atoms with van der Waals surface area (Å²) in [6.45, 7) is 3.04. The zero-order valence-electron chi connectivity index (χ0n) is 14.2. The van der Waals surface area contributed by atoms with Crippen molar-refractivity contribution in [1.82, 2.24) is 0 Å². The minimum atomic E-state index is 0.713. The molecule has 0 bridgehead atoms. The molecule has 0 heterocycles.